The van der Waals surface area contributed by atoms with Gasteiger partial charge in [-0.15, -0.1) is 0 Å². The first-order valence-electron chi connectivity index (χ1n) is 8.03. The number of aromatic nitrogens is 2. The molecule has 0 bridgehead atoms. The van der Waals surface area contributed by atoms with Gasteiger partial charge in [0, 0.05) is 23.8 Å². The maximum Gasteiger partial charge on any atom is 0.258 e. The Balaban J connectivity index is 1.69. The lowest BCUT2D eigenvalue weighted by atomic mass is 10.1. The van der Waals surface area contributed by atoms with Gasteiger partial charge in [-0.1, -0.05) is 12.1 Å². The molecule has 0 radical (unpaired) electrons. The maximum atomic E-state index is 12.3. The SMILES string of the molecule is Cc1ccc(Nc2ncc(C(=O)Nc3cccc(C#N)c3)cn2)cc1C. The van der Waals surface area contributed by atoms with Gasteiger partial charge in [0.05, 0.1) is 17.2 Å². The van der Waals surface area contributed by atoms with E-state index in [2.05, 4.69) is 27.5 Å². The summed E-state index contributed by atoms with van der Waals surface area (Å²) in [4.78, 5) is 20.6. The van der Waals surface area contributed by atoms with Crippen molar-refractivity contribution in [2.24, 2.45) is 0 Å². The third-order valence-electron chi connectivity index (χ3n) is 3.93. The zero-order valence-corrected chi connectivity index (χ0v) is 14.4. The number of anilines is 3. The molecule has 3 rings (SSSR count). The molecule has 3 aromatic rings. The van der Waals surface area contributed by atoms with Crippen molar-refractivity contribution in [2.75, 3.05) is 10.6 Å². The zero-order valence-electron chi connectivity index (χ0n) is 14.4. The summed E-state index contributed by atoms with van der Waals surface area (Å²) in [7, 11) is 0. The molecular formula is C20H17N5O. The second-order valence-corrected chi connectivity index (χ2v) is 5.87. The molecule has 6 heteroatoms. The molecule has 0 spiro atoms. The number of rotatable bonds is 4. The Labute approximate surface area is 151 Å². The summed E-state index contributed by atoms with van der Waals surface area (Å²) in [6, 6.07) is 14.7. The fourth-order valence-corrected chi connectivity index (χ4v) is 2.33. The van der Waals surface area contributed by atoms with Crippen LogP contribution in [0, 0.1) is 25.2 Å². The summed E-state index contributed by atoms with van der Waals surface area (Å²) < 4.78 is 0. The van der Waals surface area contributed by atoms with E-state index in [1.165, 1.54) is 23.5 Å². The summed E-state index contributed by atoms with van der Waals surface area (Å²) in [6.07, 6.45) is 2.92. The third-order valence-corrected chi connectivity index (χ3v) is 3.93. The van der Waals surface area contributed by atoms with Crippen LogP contribution in [0.4, 0.5) is 17.3 Å². The van der Waals surface area contributed by atoms with Crippen LogP contribution in [0.1, 0.15) is 27.0 Å². The molecule has 0 aliphatic heterocycles. The third kappa shape index (κ3) is 4.02. The van der Waals surface area contributed by atoms with E-state index >= 15 is 0 Å². The van der Waals surface area contributed by atoms with Gasteiger partial charge in [-0.25, -0.2) is 9.97 Å². The van der Waals surface area contributed by atoms with Gasteiger partial charge in [0.2, 0.25) is 5.95 Å². The summed E-state index contributed by atoms with van der Waals surface area (Å²) in [5.41, 5.74) is 4.63. The van der Waals surface area contributed by atoms with Crippen molar-refractivity contribution < 1.29 is 4.79 Å². The highest BCUT2D eigenvalue weighted by molar-refractivity contribution is 6.04. The average Bonchev–Trinajstić information content (AvgIpc) is 2.65. The van der Waals surface area contributed by atoms with E-state index in [-0.39, 0.29) is 5.91 Å². The lowest BCUT2D eigenvalue weighted by Crippen LogP contribution is -2.13. The molecule has 0 aliphatic carbocycles. The Bertz CT molecular complexity index is 990. The second kappa shape index (κ2) is 7.45. The molecule has 0 fully saturated rings. The van der Waals surface area contributed by atoms with Gasteiger partial charge >= 0.3 is 0 Å². The van der Waals surface area contributed by atoms with E-state index in [1.807, 2.05) is 31.2 Å². The molecule has 6 nitrogen and oxygen atoms in total. The standard InChI is InChI=1S/C20H17N5O/c1-13-6-7-18(8-14(13)2)25-20-22-11-16(12-23-20)19(26)24-17-5-3-4-15(9-17)10-21/h3-9,11-12H,1-2H3,(H,24,26)(H,22,23,25). The topological polar surface area (TPSA) is 90.7 Å². The molecule has 0 saturated heterocycles. The van der Waals surface area contributed by atoms with Gasteiger partial charge in [0.1, 0.15) is 0 Å². The van der Waals surface area contributed by atoms with Crippen molar-refractivity contribution in [1.29, 1.82) is 5.26 Å². The van der Waals surface area contributed by atoms with Gasteiger partial charge in [-0.3, -0.25) is 4.79 Å². The number of benzene rings is 2. The first kappa shape index (κ1) is 17.1. The molecule has 0 atom stereocenters. The minimum Gasteiger partial charge on any atom is -0.324 e. The highest BCUT2D eigenvalue weighted by atomic mass is 16.1. The van der Waals surface area contributed by atoms with Crippen LogP contribution in [0.15, 0.2) is 54.9 Å². The second-order valence-electron chi connectivity index (χ2n) is 5.87. The van der Waals surface area contributed by atoms with E-state index in [0.717, 1.165) is 5.69 Å². The number of carbonyl (C=O) groups excluding carboxylic acids is 1. The van der Waals surface area contributed by atoms with Gasteiger partial charge in [0.25, 0.3) is 5.91 Å². The number of aryl methyl sites for hydroxylation is 2. The van der Waals surface area contributed by atoms with Crippen LogP contribution in [-0.2, 0) is 0 Å². The van der Waals surface area contributed by atoms with Crippen LogP contribution in [0.5, 0.6) is 0 Å². The summed E-state index contributed by atoms with van der Waals surface area (Å²) >= 11 is 0. The molecule has 0 aliphatic rings. The Morgan fingerprint density at radius 3 is 2.46 bits per heavy atom. The number of nitrogens with zero attached hydrogens (tertiary/aromatic N) is 3. The molecule has 1 heterocycles. The lowest BCUT2D eigenvalue weighted by molar-refractivity contribution is 0.102. The normalized spacial score (nSPS) is 10.0. The van der Waals surface area contributed by atoms with E-state index in [9.17, 15) is 4.79 Å². The molecule has 128 valence electrons. The maximum absolute atomic E-state index is 12.3. The number of hydrogen-bond acceptors (Lipinski definition) is 5. The van der Waals surface area contributed by atoms with E-state index in [1.54, 1.807) is 24.3 Å². The first-order valence-corrected chi connectivity index (χ1v) is 8.03. The van der Waals surface area contributed by atoms with Crippen molar-refractivity contribution in [3.63, 3.8) is 0 Å². The van der Waals surface area contributed by atoms with E-state index in [4.69, 9.17) is 5.26 Å². The van der Waals surface area contributed by atoms with Crippen molar-refractivity contribution in [2.45, 2.75) is 13.8 Å². The summed E-state index contributed by atoms with van der Waals surface area (Å²) in [6.45, 7) is 4.09. The molecule has 26 heavy (non-hydrogen) atoms. The van der Waals surface area contributed by atoms with Gasteiger partial charge in [-0.05, 0) is 55.3 Å². The number of amides is 1. The number of nitrogens with one attached hydrogen (secondary N) is 2. The largest absolute Gasteiger partial charge is 0.324 e. The van der Waals surface area contributed by atoms with Crippen molar-refractivity contribution >= 4 is 23.2 Å². The molecule has 2 N–H and O–H groups in total. The highest BCUT2D eigenvalue weighted by Crippen LogP contribution is 2.17. The Kier molecular flexibility index (Phi) is 4.90. The monoisotopic (exact) mass is 343 g/mol. The predicted molar refractivity (Wildman–Crippen MR) is 100 cm³/mol. The van der Waals surface area contributed by atoms with Crippen molar-refractivity contribution in [1.82, 2.24) is 9.97 Å². The lowest BCUT2D eigenvalue weighted by Gasteiger charge is -2.08. The number of carbonyl (C=O) groups is 1. The van der Waals surface area contributed by atoms with Gasteiger partial charge < -0.3 is 10.6 Å². The Morgan fingerprint density at radius 2 is 1.77 bits per heavy atom. The van der Waals surface area contributed by atoms with E-state index < -0.39 is 0 Å². The predicted octanol–water partition coefficient (Wildman–Crippen LogP) is 3.96. The quantitative estimate of drug-likeness (QED) is 0.748. The van der Waals surface area contributed by atoms with Crippen molar-refractivity contribution in [3.8, 4) is 6.07 Å². The van der Waals surface area contributed by atoms with E-state index in [0.29, 0.717) is 22.8 Å². The van der Waals surface area contributed by atoms with Crippen LogP contribution in [0.25, 0.3) is 0 Å². The fraction of sp³-hybridized carbons (Fsp3) is 0.100. The van der Waals surface area contributed by atoms with Crippen LogP contribution < -0.4 is 10.6 Å². The van der Waals surface area contributed by atoms with Gasteiger partial charge in [0.15, 0.2) is 0 Å². The Hall–Kier alpha value is -3.72. The molecule has 1 aromatic heterocycles. The molecule has 0 saturated carbocycles. The molecular weight excluding hydrogens is 326 g/mol. The minimum absolute atomic E-state index is 0.331. The number of hydrogen-bond donors (Lipinski definition) is 2. The Morgan fingerprint density at radius 1 is 1.00 bits per heavy atom. The van der Waals surface area contributed by atoms with Crippen molar-refractivity contribution in [3.05, 3.63) is 77.1 Å². The van der Waals surface area contributed by atoms with Gasteiger partial charge in [-0.2, -0.15) is 5.26 Å². The molecule has 0 unspecified atom stereocenters. The van der Waals surface area contributed by atoms with Crippen LogP contribution >= 0.6 is 0 Å². The fourth-order valence-electron chi connectivity index (χ4n) is 2.33. The molecule has 2 aromatic carbocycles. The molecule has 1 amide bonds. The van der Waals surface area contributed by atoms with Crippen LogP contribution in [0.3, 0.4) is 0 Å². The van der Waals surface area contributed by atoms with Crippen LogP contribution in [0.2, 0.25) is 0 Å². The summed E-state index contributed by atoms with van der Waals surface area (Å²) in [5, 5.41) is 14.7. The minimum atomic E-state index is -0.335. The summed E-state index contributed by atoms with van der Waals surface area (Å²) in [5.74, 6) is 0.0779. The zero-order chi connectivity index (χ0) is 18.5. The number of nitriles is 1. The highest BCUT2D eigenvalue weighted by Gasteiger charge is 2.08. The smallest absolute Gasteiger partial charge is 0.258 e. The average molecular weight is 343 g/mol. The first-order chi connectivity index (χ1) is 12.5. The van der Waals surface area contributed by atoms with Crippen LogP contribution in [-0.4, -0.2) is 15.9 Å².